The van der Waals surface area contributed by atoms with Crippen molar-refractivity contribution in [2.75, 3.05) is 12.4 Å². The maximum absolute atomic E-state index is 13.1. The largest absolute Gasteiger partial charge is 0.440 e. The van der Waals surface area contributed by atoms with Gasteiger partial charge in [-0.15, -0.1) is 0 Å². The zero-order valence-electron chi connectivity index (χ0n) is 18.1. The van der Waals surface area contributed by atoms with E-state index in [-0.39, 0.29) is 23.2 Å². The molecular weight excluding hydrogens is 439 g/mol. The summed E-state index contributed by atoms with van der Waals surface area (Å²) < 4.78 is 24.2. The number of carbonyl (C=O) groups excluding carboxylic acids is 1. The molecule has 0 amide bonds. The smallest absolute Gasteiger partial charge is 0.415 e. The lowest BCUT2D eigenvalue weighted by atomic mass is 9.97. The molecule has 0 saturated heterocycles. The first kappa shape index (κ1) is 25.0. The molecule has 164 valence electrons. The third-order valence-electron chi connectivity index (χ3n) is 4.57. The van der Waals surface area contributed by atoms with E-state index < -0.39 is 6.80 Å². The number of rotatable bonds is 12. The van der Waals surface area contributed by atoms with Gasteiger partial charge in [0.25, 0.3) is 0 Å². The molecule has 0 spiro atoms. The van der Waals surface area contributed by atoms with Gasteiger partial charge in [0.2, 0.25) is 0 Å². The van der Waals surface area contributed by atoms with Crippen molar-refractivity contribution in [1.82, 2.24) is 0 Å². The Bertz CT molecular complexity index is 916. The lowest BCUT2D eigenvalue weighted by Gasteiger charge is -2.18. The first-order valence-electron chi connectivity index (χ1n) is 10.3. The highest BCUT2D eigenvalue weighted by atomic mass is 35.5. The summed E-state index contributed by atoms with van der Waals surface area (Å²) in [5.74, 6) is 0.837. The Morgan fingerprint density at radius 1 is 1.07 bits per heavy atom. The Morgan fingerprint density at radius 2 is 1.83 bits per heavy atom. The van der Waals surface area contributed by atoms with Gasteiger partial charge in [-0.25, -0.2) is 4.57 Å². The molecule has 0 fully saturated rings. The van der Waals surface area contributed by atoms with E-state index in [1.807, 2.05) is 32.0 Å². The minimum absolute atomic E-state index is 0.112. The van der Waals surface area contributed by atoms with Crippen molar-refractivity contribution in [3.8, 4) is 5.75 Å². The van der Waals surface area contributed by atoms with Gasteiger partial charge in [0.05, 0.1) is 11.6 Å². The molecule has 2 rings (SSSR count). The van der Waals surface area contributed by atoms with Crippen LogP contribution in [0.3, 0.4) is 0 Å². The molecule has 7 heteroatoms. The zero-order chi connectivity index (χ0) is 22.1. The fraction of sp³-hybridized carbons (Fsp3) is 0.435. The van der Waals surface area contributed by atoms with Crippen LogP contribution in [0.25, 0.3) is 0 Å². The number of aryl methyl sites for hydroxylation is 2. The van der Waals surface area contributed by atoms with E-state index in [2.05, 4.69) is 6.92 Å². The van der Waals surface area contributed by atoms with Gasteiger partial charge in [0.1, 0.15) is 5.75 Å². The molecule has 30 heavy (non-hydrogen) atoms. The first-order valence-corrected chi connectivity index (χ1v) is 13.8. The van der Waals surface area contributed by atoms with Crippen LogP contribution in [0.1, 0.15) is 66.6 Å². The van der Waals surface area contributed by atoms with Crippen LogP contribution in [0, 0.1) is 13.8 Å². The van der Waals surface area contributed by atoms with Crippen molar-refractivity contribution in [3.05, 3.63) is 63.7 Å². The highest BCUT2D eigenvalue weighted by molar-refractivity contribution is 8.55. The normalized spacial score (nSPS) is 13.1. The molecule has 0 aromatic heterocycles. The van der Waals surface area contributed by atoms with Gasteiger partial charge in [-0.2, -0.15) is 0 Å². The van der Waals surface area contributed by atoms with Crippen molar-refractivity contribution < 1.29 is 18.4 Å². The van der Waals surface area contributed by atoms with Gasteiger partial charge < -0.3 is 4.52 Å². The van der Waals surface area contributed by atoms with E-state index in [9.17, 15) is 9.36 Å². The van der Waals surface area contributed by atoms with Crippen molar-refractivity contribution in [1.29, 1.82) is 0 Å². The molecule has 0 bridgehead atoms. The molecule has 1 unspecified atom stereocenters. The maximum Gasteiger partial charge on any atom is 0.440 e. The third kappa shape index (κ3) is 7.16. The van der Waals surface area contributed by atoms with E-state index in [1.54, 1.807) is 25.1 Å². The van der Waals surface area contributed by atoms with Crippen LogP contribution >= 0.6 is 29.8 Å². The van der Waals surface area contributed by atoms with Gasteiger partial charge in [-0.05, 0) is 62.3 Å². The summed E-state index contributed by atoms with van der Waals surface area (Å²) in [4.78, 5) is 12.9. The van der Waals surface area contributed by atoms with Gasteiger partial charge in [-0.1, -0.05) is 61.5 Å². The highest BCUT2D eigenvalue weighted by Crippen LogP contribution is 2.61. The lowest BCUT2D eigenvalue weighted by Crippen LogP contribution is -2.04. The molecule has 0 saturated carbocycles. The van der Waals surface area contributed by atoms with E-state index in [1.165, 1.54) is 11.4 Å². The zero-order valence-corrected chi connectivity index (χ0v) is 20.5. The molecule has 1 atom stereocenters. The average Bonchev–Trinajstić information content (AvgIpc) is 2.69. The molecule has 0 heterocycles. The molecule has 0 aliphatic heterocycles. The summed E-state index contributed by atoms with van der Waals surface area (Å²) in [6.45, 7) is 4.73. The average molecular weight is 469 g/mol. The number of hydrogen-bond acceptors (Lipinski definition) is 5. The van der Waals surface area contributed by atoms with Crippen molar-refractivity contribution in [3.63, 3.8) is 0 Å². The van der Waals surface area contributed by atoms with Crippen LogP contribution in [0.15, 0.2) is 36.4 Å². The van der Waals surface area contributed by atoms with Crippen LogP contribution in [0.5, 0.6) is 5.75 Å². The maximum atomic E-state index is 13.1. The second-order valence-corrected chi connectivity index (χ2v) is 11.7. The summed E-state index contributed by atoms with van der Waals surface area (Å²) in [5, 5.41) is 0.233. The van der Waals surface area contributed by atoms with E-state index >= 15 is 0 Å². The van der Waals surface area contributed by atoms with Crippen LogP contribution < -0.4 is 4.52 Å². The molecule has 2 aromatic carbocycles. The third-order valence-corrected chi connectivity index (χ3v) is 8.68. The van der Waals surface area contributed by atoms with Gasteiger partial charge in [-0.3, -0.25) is 9.32 Å². The topological polar surface area (TPSA) is 52.6 Å². The molecule has 0 N–H and O–H groups in total. The predicted octanol–water partition coefficient (Wildman–Crippen LogP) is 8.02. The number of hydrogen-bond donors (Lipinski definition) is 0. The summed E-state index contributed by atoms with van der Waals surface area (Å²) >= 11 is 7.57. The predicted molar refractivity (Wildman–Crippen MR) is 127 cm³/mol. The Balaban J connectivity index is 2.14. The van der Waals surface area contributed by atoms with Crippen LogP contribution in [0.4, 0.5) is 0 Å². The van der Waals surface area contributed by atoms with E-state index in [4.69, 9.17) is 20.6 Å². The van der Waals surface area contributed by atoms with Crippen LogP contribution in [-0.4, -0.2) is 18.1 Å². The Hall–Kier alpha value is -1.26. The summed E-state index contributed by atoms with van der Waals surface area (Å²) in [7, 11) is 0. The second kappa shape index (κ2) is 12.0. The molecule has 0 aliphatic carbocycles. The monoisotopic (exact) mass is 468 g/mol. The Kier molecular flexibility index (Phi) is 9.96. The Morgan fingerprint density at radius 3 is 2.47 bits per heavy atom. The van der Waals surface area contributed by atoms with Crippen LogP contribution in [0.2, 0.25) is 5.02 Å². The molecule has 2 aromatic rings. The summed E-state index contributed by atoms with van der Waals surface area (Å²) in [6.07, 6.45) is 4.34. The van der Waals surface area contributed by atoms with E-state index in [0.717, 1.165) is 36.8 Å². The van der Waals surface area contributed by atoms with Crippen molar-refractivity contribution in [2.24, 2.45) is 0 Å². The SMILES string of the molecule is CCCCCCSP(=O)(OCC)Oc1ccc(C(=O)c2ccc(C)cc2C)cc1Cl. The number of ketones is 1. The number of unbranched alkanes of at least 4 members (excludes halogenated alkanes) is 3. The van der Waals surface area contributed by atoms with Gasteiger partial charge >= 0.3 is 6.80 Å². The minimum Gasteiger partial charge on any atom is -0.415 e. The lowest BCUT2D eigenvalue weighted by molar-refractivity contribution is 0.103. The fourth-order valence-electron chi connectivity index (χ4n) is 3.01. The molecular formula is C23H30ClO4PS. The quantitative estimate of drug-likeness (QED) is 0.179. The summed E-state index contributed by atoms with van der Waals surface area (Å²) in [6, 6.07) is 10.5. The Labute approximate surface area is 189 Å². The first-order chi connectivity index (χ1) is 14.3. The molecule has 0 aliphatic rings. The second-order valence-electron chi connectivity index (χ2n) is 7.14. The number of benzene rings is 2. The van der Waals surface area contributed by atoms with Crippen molar-refractivity contribution in [2.45, 2.75) is 53.4 Å². The minimum atomic E-state index is -3.38. The number of halogens is 1. The van der Waals surface area contributed by atoms with Gasteiger partial charge in [0.15, 0.2) is 5.78 Å². The highest BCUT2D eigenvalue weighted by Gasteiger charge is 2.28. The molecule has 4 nitrogen and oxygen atoms in total. The van der Waals surface area contributed by atoms with Crippen LogP contribution in [-0.2, 0) is 9.09 Å². The molecule has 0 radical (unpaired) electrons. The van der Waals surface area contributed by atoms with Gasteiger partial charge in [0, 0.05) is 16.9 Å². The standard InChI is InChI=1S/C23H30ClO4PS/c1-5-7-8-9-14-30-29(26,27-6-2)28-22-13-11-19(16-21(22)24)23(25)20-12-10-17(3)15-18(20)4/h10-13,15-16H,5-9,14H2,1-4H3. The van der Waals surface area contributed by atoms with Crippen molar-refractivity contribution >= 4 is 35.6 Å². The summed E-state index contributed by atoms with van der Waals surface area (Å²) in [5.41, 5.74) is 3.10. The number of carbonyl (C=O) groups is 1. The fourth-order valence-corrected chi connectivity index (χ4v) is 6.74. The van der Waals surface area contributed by atoms with E-state index in [0.29, 0.717) is 16.9 Å².